The van der Waals surface area contributed by atoms with Gasteiger partial charge >= 0.3 is 5.97 Å². The first-order chi connectivity index (χ1) is 15.6. The largest absolute Gasteiger partial charge is 0.460 e. The van der Waals surface area contributed by atoms with Gasteiger partial charge in [-0.05, 0) is 116 Å². The predicted octanol–water partition coefficient (Wildman–Crippen LogP) is 8.21. The van der Waals surface area contributed by atoms with E-state index in [2.05, 4.69) is 41.2 Å². The van der Waals surface area contributed by atoms with Crippen LogP contribution in [0.25, 0.3) is 0 Å². The molecule has 0 radical (unpaired) electrons. The topological polar surface area (TPSA) is 26.3 Å². The molecule has 4 aliphatic carbocycles. The minimum absolute atomic E-state index is 0.0398. The fourth-order valence-electron chi connectivity index (χ4n) is 10.4. The molecule has 0 aromatic rings. The number of hydrogen-bond acceptors (Lipinski definition) is 2. The van der Waals surface area contributed by atoms with Crippen LogP contribution in [-0.4, -0.2) is 12.6 Å². The third-order valence-electron chi connectivity index (χ3n) is 12.4. The van der Waals surface area contributed by atoms with Crippen LogP contribution >= 0.6 is 0 Å². The van der Waals surface area contributed by atoms with E-state index in [1.807, 2.05) is 0 Å². The number of carbonyl (C=O) groups excluding carboxylic acids is 1. The summed E-state index contributed by atoms with van der Waals surface area (Å²) in [7, 11) is 0. The number of rotatable bonds is 5. The molecule has 9 atom stereocenters. The first-order valence-corrected chi connectivity index (χ1v) is 14.5. The number of carbonyl (C=O) groups is 1. The Morgan fingerprint density at radius 3 is 2.39 bits per heavy atom. The Kier molecular flexibility index (Phi) is 6.10. The SMILES string of the molecule is C=C1COC(=O)[C@@]12CC[C@@]1(C)[C@@H](CC[C@@H]3[C@@H]1CC[C@]1(C)[C@@H]([C@H](C)CCCC(C)C)CC[C@@H]31)C2. The van der Waals surface area contributed by atoms with Gasteiger partial charge in [-0.2, -0.15) is 0 Å². The molecule has 1 saturated heterocycles. The maximum absolute atomic E-state index is 12.7. The Balaban J connectivity index is 1.30. The summed E-state index contributed by atoms with van der Waals surface area (Å²) in [6.45, 7) is 17.4. The van der Waals surface area contributed by atoms with Crippen molar-refractivity contribution in [2.45, 2.75) is 112 Å². The summed E-state index contributed by atoms with van der Waals surface area (Å²) in [5.74, 6) is 6.10. The molecular weight excluding hydrogens is 404 g/mol. The van der Waals surface area contributed by atoms with Gasteiger partial charge < -0.3 is 4.74 Å². The molecule has 5 fully saturated rings. The van der Waals surface area contributed by atoms with Crippen molar-refractivity contribution in [3.05, 3.63) is 12.2 Å². The van der Waals surface area contributed by atoms with E-state index in [1.54, 1.807) is 0 Å². The highest BCUT2D eigenvalue weighted by Crippen LogP contribution is 2.70. The van der Waals surface area contributed by atoms with Crippen molar-refractivity contribution in [2.24, 2.45) is 57.7 Å². The van der Waals surface area contributed by atoms with Crippen LogP contribution in [0.3, 0.4) is 0 Å². The highest BCUT2D eigenvalue weighted by atomic mass is 16.5. The molecule has 33 heavy (non-hydrogen) atoms. The van der Waals surface area contributed by atoms with E-state index in [4.69, 9.17) is 4.74 Å². The standard InChI is InChI=1S/C31H50O2/c1-20(2)8-7-9-21(3)25-12-13-26-24-11-10-23-18-31(22(4)19-33-28(31)32)17-16-29(23,5)27(24)14-15-30(25,26)6/h20-21,23-27H,4,7-19H2,1-3,5-6H3/t21-,23+,24+,25-,26+,27+,29+,30-,31-/m1/s1. The van der Waals surface area contributed by atoms with E-state index in [0.29, 0.717) is 23.4 Å². The molecule has 0 unspecified atom stereocenters. The van der Waals surface area contributed by atoms with Crippen molar-refractivity contribution < 1.29 is 9.53 Å². The first kappa shape index (κ1) is 23.9. The molecule has 0 aromatic heterocycles. The number of cyclic esters (lactones) is 1. The van der Waals surface area contributed by atoms with Crippen molar-refractivity contribution >= 4 is 5.97 Å². The molecule has 4 saturated carbocycles. The van der Waals surface area contributed by atoms with Gasteiger partial charge in [0.2, 0.25) is 0 Å². The van der Waals surface area contributed by atoms with Crippen molar-refractivity contribution in [2.75, 3.05) is 6.61 Å². The number of ether oxygens (including phenoxy) is 1. The fourth-order valence-corrected chi connectivity index (χ4v) is 10.4. The third kappa shape index (κ3) is 3.58. The quantitative estimate of drug-likeness (QED) is 0.309. The summed E-state index contributed by atoms with van der Waals surface area (Å²) in [6, 6.07) is 0. The summed E-state index contributed by atoms with van der Waals surface area (Å²) < 4.78 is 5.48. The minimum Gasteiger partial charge on any atom is -0.460 e. The minimum atomic E-state index is -0.343. The van der Waals surface area contributed by atoms with Crippen LogP contribution in [0, 0.1) is 57.7 Å². The van der Waals surface area contributed by atoms with Gasteiger partial charge in [0.25, 0.3) is 0 Å². The lowest BCUT2D eigenvalue weighted by atomic mass is 9.42. The normalized spacial score (nSPS) is 47.9. The van der Waals surface area contributed by atoms with Crippen LogP contribution in [-0.2, 0) is 9.53 Å². The average molecular weight is 455 g/mol. The number of hydrogen-bond donors (Lipinski definition) is 0. The lowest BCUT2D eigenvalue weighted by Gasteiger charge is -2.62. The molecule has 0 bridgehead atoms. The molecule has 1 aliphatic heterocycles. The lowest BCUT2D eigenvalue weighted by molar-refractivity contribution is -0.158. The maximum Gasteiger partial charge on any atom is 0.316 e. The maximum atomic E-state index is 12.7. The van der Waals surface area contributed by atoms with Crippen LogP contribution < -0.4 is 0 Å². The molecule has 0 amide bonds. The van der Waals surface area contributed by atoms with Gasteiger partial charge in [0.1, 0.15) is 6.61 Å². The van der Waals surface area contributed by atoms with Crippen molar-refractivity contribution in [1.29, 1.82) is 0 Å². The highest BCUT2D eigenvalue weighted by molar-refractivity contribution is 5.83. The van der Waals surface area contributed by atoms with Crippen LogP contribution in [0.2, 0.25) is 0 Å². The van der Waals surface area contributed by atoms with Gasteiger partial charge in [0, 0.05) is 0 Å². The van der Waals surface area contributed by atoms with Crippen LogP contribution in [0.5, 0.6) is 0 Å². The summed E-state index contributed by atoms with van der Waals surface area (Å²) >= 11 is 0. The van der Waals surface area contributed by atoms with E-state index < -0.39 is 0 Å². The molecular formula is C31H50O2. The van der Waals surface area contributed by atoms with Gasteiger partial charge in [-0.25, -0.2) is 0 Å². The molecule has 186 valence electrons. The van der Waals surface area contributed by atoms with E-state index in [9.17, 15) is 4.79 Å². The van der Waals surface area contributed by atoms with E-state index in [1.165, 1.54) is 64.2 Å². The van der Waals surface area contributed by atoms with Gasteiger partial charge in [-0.15, -0.1) is 0 Å². The molecule has 5 aliphatic rings. The fraction of sp³-hybridized carbons (Fsp3) is 0.903. The van der Waals surface area contributed by atoms with Crippen LogP contribution in [0.15, 0.2) is 12.2 Å². The second-order valence-electron chi connectivity index (χ2n) is 14.2. The monoisotopic (exact) mass is 454 g/mol. The summed E-state index contributed by atoms with van der Waals surface area (Å²) in [4.78, 5) is 12.7. The number of esters is 1. The van der Waals surface area contributed by atoms with Crippen LogP contribution in [0.1, 0.15) is 112 Å². The smallest absolute Gasteiger partial charge is 0.316 e. The third-order valence-corrected chi connectivity index (χ3v) is 12.4. The zero-order valence-corrected chi connectivity index (χ0v) is 22.3. The molecule has 5 rings (SSSR count). The molecule has 1 spiro atoms. The molecule has 2 heteroatoms. The second-order valence-corrected chi connectivity index (χ2v) is 14.2. The van der Waals surface area contributed by atoms with Gasteiger partial charge in [0.05, 0.1) is 5.41 Å². The van der Waals surface area contributed by atoms with Gasteiger partial charge in [-0.1, -0.05) is 60.5 Å². The average Bonchev–Trinajstić information content (AvgIpc) is 3.26. The lowest BCUT2D eigenvalue weighted by Crippen LogP contribution is -2.55. The Bertz CT molecular complexity index is 766. The second kappa shape index (κ2) is 8.41. The Hall–Kier alpha value is -0.790. The first-order valence-electron chi connectivity index (χ1n) is 14.5. The summed E-state index contributed by atoms with van der Waals surface area (Å²) in [6.07, 6.45) is 16.0. The van der Waals surface area contributed by atoms with Crippen molar-refractivity contribution in [1.82, 2.24) is 0 Å². The summed E-state index contributed by atoms with van der Waals surface area (Å²) in [5, 5.41) is 0. The van der Waals surface area contributed by atoms with Crippen molar-refractivity contribution in [3.63, 3.8) is 0 Å². The molecule has 1 heterocycles. The van der Waals surface area contributed by atoms with Crippen molar-refractivity contribution in [3.8, 4) is 0 Å². The van der Waals surface area contributed by atoms with Crippen LogP contribution in [0.4, 0.5) is 0 Å². The Labute approximate surface area is 203 Å². The summed E-state index contributed by atoms with van der Waals surface area (Å²) in [5.41, 5.74) is 1.71. The highest BCUT2D eigenvalue weighted by Gasteiger charge is 2.63. The molecule has 2 nitrogen and oxygen atoms in total. The van der Waals surface area contributed by atoms with E-state index in [0.717, 1.165) is 53.9 Å². The zero-order valence-electron chi connectivity index (χ0n) is 22.3. The predicted molar refractivity (Wildman–Crippen MR) is 136 cm³/mol. The molecule has 0 aromatic carbocycles. The van der Waals surface area contributed by atoms with E-state index in [-0.39, 0.29) is 11.4 Å². The Morgan fingerprint density at radius 2 is 1.70 bits per heavy atom. The van der Waals surface area contributed by atoms with Gasteiger partial charge in [-0.3, -0.25) is 4.79 Å². The van der Waals surface area contributed by atoms with E-state index >= 15 is 0 Å². The number of fused-ring (bicyclic) bond motifs is 5. The Morgan fingerprint density at radius 1 is 0.939 bits per heavy atom. The van der Waals surface area contributed by atoms with Gasteiger partial charge in [0.15, 0.2) is 0 Å². The molecule has 0 N–H and O–H groups in total. The zero-order chi connectivity index (χ0) is 23.6.